The molecule has 11 heteroatoms. The van der Waals surface area contributed by atoms with E-state index in [1.165, 1.54) is 0 Å². The lowest BCUT2D eigenvalue weighted by Crippen LogP contribution is -2.76. The van der Waals surface area contributed by atoms with Crippen LogP contribution >= 0.6 is 0 Å². The van der Waals surface area contributed by atoms with Gasteiger partial charge >= 0.3 is 26.4 Å². The molecule has 0 saturated carbocycles. The molecule has 0 aliphatic heterocycles. The highest BCUT2D eigenvalue weighted by atomic mass is 28.5. The molecule has 2 atom stereocenters. The summed E-state index contributed by atoms with van der Waals surface area (Å²) in [5, 5.41) is 4.24. The van der Waals surface area contributed by atoms with Crippen LogP contribution in [0.3, 0.4) is 0 Å². The molecule has 0 N–H and O–H groups in total. The fourth-order valence-corrected chi connectivity index (χ4v) is 26.4. The Bertz CT molecular complexity index is 1240. The first kappa shape index (κ1) is 31.9. The minimum atomic E-state index is -3.41. The Morgan fingerprint density at radius 2 is 0.732 bits per heavy atom. The van der Waals surface area contributed by atoms with Crippen molar-refractivity contribution < 1.29 is 20.6 Å². The van der Waals surface area contributed by atoms with Gasteiger partial charge in [-0.15, -0.1) is 0 Å². The van der Waals surface area contributed by atoms with E-state index in [4.69, 9.17) is 20.6 Å². The van der Waals surface area contributed by atoms with E-state index >= 15 is 0 Å². The molecule has 41 heavy (non-hydrogen) atoms. The Morgan fingerprint density at radius 3 is 1.05 bits per heavy atom. The van der Waals surface area contributed by atoms with Gasteiger partial charge < -0.3 is 20.6 Å². The van der Waals surface area contributed by atoms with Gasteiger partial charge in [0.1, 0.15) is 0 Å². The molecular weight excluding hydrogens is 609 g/mol. The molecule has 0 aliphatic rings. The van der Waals surface area contributed by atoms with Crippen LogP contribution < -0.4 is 20.7 Å². The maximum absolute atomic E-state index is 7.82. The van der Waals surface area contributed by atoms with Crippen molar-refractivity contribution in [1.29, 1.82) is 0 Å². The van der Waals surface area contributed by atoms with Crippen molar-refractivity contribution in [3.8, 4) is 0 Å². The second-order valence-electron chi connectivity index (χ2n) is 10.5. The lowest BCUT2D eigenvalue weighted by molar-refractivity contribution is 0.324. The van der Waals surface area contributed by atoms with Crippen molar-refractivity contribution in [3.05, 3.63) is 121 Å². The van der Waals surface area contributed by atoms with Crippen LogP contribution in [0.4, 0.5) is 0 Å². The summed E-state index contributed by atoms with van der Waals surface area (Å²) in [5.41, 5.74) is 0. The van der Waals surface area contributed by atoms with Crippen molar-refractivity contribution in [3.63, 3.8) is 0 Å². The van der Waals surface area contributed by atoms with Gasteiger partial charge in [-0.25, -0.2) is 0 Å². The van der Waals surface area contributed by atoms with E-state index in [1.54, 1.807) is 0 Å². The molecule has 0 bridgehead atoms. The molecule has 0 fully saturated rings. The second kappa shape index (κ2) is 14.9. The molecule has 0 saturated heterocycles. The molecule has 0 heterocycles. The predicted molar refractivity (Wildman–Crippen MR) is 185 cm³/mol. The van der Waals surface area contributed by atoms with Gasteiger partial charge in [0, 0.05) is 0 Å². The Balaban J connectivity index is 1.97. The van der Waals surface area contributed by atoms with E-state index in [1.807, 2.05) is 24.3 Å². The molecule has 0 aliphatic carbocycles. The van der Waals surface area contributed by atoms with Crippen LogP contribution in [0.5, 0.6) is 0 Å². The van der Waals surface area contributed by atoms with Gasteiger partial charge in [-0.2, -0.15) is 0 Å². The summed E-state index contributed by atoms with van der Waals surface area (Å²) in [6.45, 7) is 13.0. The van der Waals surface area contributed by atoms with Crippen molar-refractivity contribution in [2.45, 2.75) is 39.3 Å². The summed E-state index contributed by atoms with van der Waals surface area (Å²) < 4.78 is 35.1. The smallest absolute Gasteiger partial charge is 0.389 e. The second-order valence-corrected chi connectivity index (χ2v) is 26.7. The lowest BCUT2D eigenvalue weighted by Gasteiger charge is -2.43. The fourth-order valence-electron chi connectivity index (χ4n) is 5.00. The number of rotatable bonds is 14. The molecule has 5 nitrogen and oxygen atoms in total. The van der Waals surface area contributed by atoms with E-state index in [0.29, 0.717) is 0 Å². The minimum Gasteiger partial charge on any atom is -0.442 e. The summed E-state index contributed by atoms with van der Waals surface area (Å²) in [6, 6.07) is 41.9. The van der Waals surface area contributed by atoms with Gasteiger partial charge in [0.15, 0.2) is 18.1 Å². The predicted octanol–water partition coefficient (Wildman–Crippen LogP) is 3.25. The van der Waals surface area contributed by atoms with E-state index in [9.17, 15) is 0 Å². The van der Waals surface area contributed by atoms with Crippen LogP contribution in [0.1, 0.15) is 0 Å². The van der Waals surface area contributed by atoms with E-state index < -0.39 is 53.8 Å². The minimum absolute atomic E-state index is 1.04. The van der Waals surface area contributed by atoms with Crippen LogP contribution in [0, 0.1) is 0 Å². The third-order valence-electron chi connectivity index (χ3n) is 6.48. The monoisotopic (exact) mass is 650 g/mol. The van der Waals surface area contributed by atoms with Crippen LogP contribution in [-0.4, -0.2) is 53.8 Å². The SMILES string of the molecule is C[SiH](C)O[SiH](C)O[SiH](C)O[Si](O[Si](O[SiH](C)C)(c1ccccc1)c1ccccc1)(c1ccccc1)c1ccccc1. The third-order valence-corrected chi connectivity index (χ3v) is 25.8. The summed E-state index contributed by atoms with van der Waals surface area (Å²) in [5.74, 6) is 0. The highest BCUT2D eigenvalue weighted by molar-refractivity contribution is 7.07. The molecule has 0 aromatic heterocycles. The van der Waals surface area contributed by atoms with Crippen molar-refractivity contribution >= 4 is 74.5 Å². The number of hydrogen-bond acceptors (Lipinski definition) is 5. The van der Waals surface area contributed by atoms with Crippen LogP contribution in [0.25, 0.3) is 0 Å². The van der Waals surface area contributed by atoms with E-state index in [0.717, 1.165) is 20.7 Å². The Kier molecular flexibility index (Phi) is 11.6. The van der Waals surface area contributed by atoms with Gasteiger partial charge in [0.05, 0.1) is 0 Å². The molecule has 2 unspecified atom stereocenters. The first-order chi connectivity index (χ1) is 19.7. The Labute approximate surface area is 254 Å². The van der Waals surface area contributed by atoms with Crippen molar-refractivity contribution in [1.82, 2.24) is 0 Å². The summed E-state index contributed by atoms with van der Waals surface area (Å²) in [6.07, 6.45) is 0. The molecule has 216 valence electrons. The van der Waals surface area contributed by atoms with Gasteiger partial charge in [-0.05, 0) is 60.0 Å². The fraction of sp³-hybridized carbons (Fsp3) is 0.200. The Hall–Kier alpha value is -2.02. The Morgan fingerprint density at radius 1 is 0.390 bits per heavy atom. The summed E-state index contributed by atoms with van der Waals surface area (Å²) in [7, 11) is -13.6. The van der Waals surface area contributed by atoms with Gasteiger partial charge in [-0.1, -0.05) is 121 Å². The highest BCUT2D eigenvalue weighted by Crippen LogP contribution is 2.22. The quantitative estimate of drug-likeness (QED) is 0.196. The zero-order valence-corrected chi connectivity index (χ0v) is 31.5. The van der Waals surface area contributed by atoms with Gasteiger partial charge in [-0.3, -0.25) is 0 Å². The normalized spacial score (nSPS) is 13.9. The van der Waals surface area contributed by atoms with E-state index in [2.05, 4.69) is 136 Å². The third kappa shape index (κ3) is 8.09. The first-order valence-electron chi connectivity index (χ1n) is 14.3. The molecular formula is C30H42O5Si6. The lowest BCUT2D eigenvalue weighted by atomic mass is 10.4. The zero-order valence-electron chi connectivity index (χ0n) is 24.9. The molecule has 4 rings (SSSR count). The van der Waals surface area contributed by atoms with E-state index in [-0.39, 0.29) is 0 Å². The summed E-state index contributed by atoms with van der Waals surface area (Å²) in [4.78, 5) is 0. The molecule has 0 spiro atoms. The average molecular weight is 651 g/mol. The average Bonchev–Trinajstić information content (AvgIpc) is 2.97. The molecule has 4 aromatic carbocycles. The number of hydrogen-bond donors (Lipinski definition) is 0. The maximum atomic E-state index is 7.82. The van der Waals surface area contributed by atoms with Crippen LogP contribution in [-0.2, 0) is 20.6 Å². The largest absolute Gasteiger partial charge is 0.442 e. The molecule has 0 amide bonds. The van der Waals surface area contributed by atoms with Crippen molar-refractivity contribution in [2.24, 2.45) is 0 Å². The summed E-state index contributed by atoms with van der Waals surface area (Å²) >= 11 is 0. The van der Waals surface area contributed by atoms with Crippen molar-refractivity contribution in [2.75, 3.05) is 0 Å². The van der Waals surface area contributed by atoms with Gasteiger partial charge in [0.25, 0.3) is 9.28 Å². The van der Waals surface area contributed by atoms with Gasteiger partial charge in [0.2, 0.25) is 0 Å². The topological polar surface area (TPSA) is 46.2 Å². The first-order valence-corrected chi connectivity index (χ1v) is 27.7. The van der Waals surface area contributed by atoms with Crippen LogP contribution in [0.2, 0.25) is 39.3 Å². The number of benzene rings is 4. The zero-order chi connectivity index (χ0) is 29.3. The standard InChI is InChI=1S/C30H42O5Si6/c1-36(2)31-38(5)32-39(6)34-41(29-23-15-9-16-24-29,30-25-17-10-18-26-30)35-40(33-37(3)4,27-19-11-7-12-20-27)28-21-13-8-14-22-28/h7-26,36-39H,1-6H3. The maximum Gasteiger partial charge on any atom is 0.389 e. The molecule has 4 aromatic rings. The van der Waals surface area contributed by atoms with Crippen LogP contribution in [0.15, 0.2) is 121 Å². The highest BCUT2D eigenvalue weighted by Gasteiger charge is 2.55. The molecule has 0 radical (unpaired) electrons.